The molecule has 1 fully saturated rings. The van der Waals surface area contributed by atoms with Crippen LogP contribution in [0.1, 0.15) is 22.3 Å². The highest BCUT2D eigenvalue weighted by Gasteiger charge is 2.26. The van der Waals surface area contributed by atoms with Gasteiger partial charge in [-0.2, -0.15) is 0 Å². The number of nitrogens with zero attached hydrogens (tertiary/aromatic N) is 1. The molecule has 0 bridgehead atoms. The van der Waals surface area contributed by atoms with Gasteiger partial charge in [-0.25, -0.2) is 4.79 Å². The van der Waals surface area contributed by atoms with E-state index in [1.807, 2.05) is 0 Å². The lowest BCUT2D eigenvalue weighted by molar-refractivity contribution is -0.385. The molecule has 0 saturated carbocycles. The predicted molar refractivity (Wildman–Crippen MR) is 62.5 cm³/mol. The average molecular weight is 251 g/mol. The van der Waals surface area contributed by atoms with Crippen molar-refractivity contribution in [2.24, 2.45) is 0 Å². The standard InChI is InChI=1S/C12H13NO5/c1-8-2-3-11(13(15)16)10(6-8)12(14)18-9-4-5-17-7-9/h2-3,6,9H,4-5,7H2,1H3/t9-/m0/s1. The Morgan fingerprint density at radius 2 is 2.33 bits per heavy atom. The highest BCUT2D eigenvalue weighted by Crippen LogP contribution is 2.22. The van der Waals surface area contributed by atoms with Crippen LogP contribution < -0.4 is 0 Å². The number of ether oxygens (including phenoxy) is 2. The van der Waals surface area contributed by atoms with Crippen molar-refractivity contribution < 1.29 is 19.2 Å². The van der Waals surface area contributed by atoms with Crippen LogP contribution in [-0.2, 0) is 9.47 Å². The molecule has 6 heteroatoms. The van der Waals surface area contributed by atoms with Gasteiger partial charge < -0.3 is 9.47 Å². The molecule has 0 N–H and O–H groups in total. The second kappa shape index (κ2) is 5.14. The first-order valence-corrected chi connectivity index (χ1v) is 5.61. The van der Waals surface area contributed by atoms with E-state index in [0.29, 0.717) is 19.6 Å². The zero-order valence-electron chi connectivity index (χ0n) is 9.92. The van der Waals surface area contributed by atoms with Crippen LogP contribution >= 0.6 is 0 Å². The lowest BCUT2D eigenvalue weighted by Crippen LogP contribution is -2.19. The van der Waals surface area contributed by atoms with Crippen molar-refractivity contribution in [2.75, 3.05) is 13.2 Å². The van der Waals surface area contributed by atoms with E-state index < -0.39 is 10.9 Å². The lowest BCUT2D eigenvalue weighted by atomic mass is 10.1. The minimum absolute atomic E-state index is 0.00750. The number of carbonyl (C=O) groups is 1. The molecule has 0 aromatic heterocycles. The monoisotopic (exact) mass is 251 g/mol. The Morgan fingerprint density at radius 3 is 2.94 bits per heavy atom. The summed E-state index contributed by atoms with van der Waals surface area (Å²) in [6, 6.07) is 4.38. The van der Waals surface area contributed by atoms with E-state index in [4.69, 9.17) is 9.47 Å². The Kier molecular flexibility index (Phi) is 3.57. The quantitative estimate of drug-likeness (QED) is 0.465. The highest BCUT2D eigenvalue weighted by atomic mass is 16.6. The van der Waals surface area contributed by atoms with Gasteiger partial charge in [0, 0.05) is 12.5 Å². The van der Waals surface area contributed by atoms with Gasteiger partial charge >= 0.3 is 5.97 Å². The molecule has 1 aliphatic rings. The molecule has 0 spiro atoms. The van der Waals surface area contributed by atoms with Gasteiger partial charge in [0.2, 0.25) is 0 Å². The molecule has 18 heavy (non-hydrogen) atoms. The highest BCUT2D eigenvalue weighted by molar-refractivity contribution is 5.94. The third-order valence-electron chi connectivity index (χ3n) is 2.73. The molecule has 2 rings (SSSR count). The van der Waals surface area contributed by atoms with Crippen molar-refractivity contribution in [3.05, 3.63) is 39.4 Å². The summed E-state index contributed by atoms with van der Waals surface area (Å²) in [5.74, 6) is -0.666. The first-order valence-electron chi connectivity index (χ1n) is 5.61. The summed E-state index contributed by atoms with van der Waals surface area (Å²) in [5.41, 5.74) is 0.534. The number of esters is 1. The summed E-state index contributed by atoms with van der Waals surface area (Å²) in [4.78, 5) is 22.2. The number of hydrogen-bond donors (Lipinski definition) is 0. The van der Waals surface area contributed by atoms with Gasteiger partial charge in [-0.05, 0) is 18.6 Å². The first kappa shape index (κ1) is 12.5. The molecule has 1 heterocycles. The van der Waals surface area contributed by atoms with Crippen LogP contribution in [0.4, 0.5) is 5.69 Å². The minimum Gasteiger partial charge on any atom is -0.456 e. The van der Waals surface area contributed by atoms with Gasteiger partial charge in [0.05, 0.1) is 18.1 Å². The third-order valence-corrected chi connectivity index (χ3v) is 2.73. The van der Waals surface area contributed by atoms with Gasteiger partial charge in [0.15, 0.2) is 0 Å². The molecule has 1 aromatic carbocycles. The van der Waals surface area contributed by atoms with Crippen LogP contribution in [-0.4, -0.2) is 30.2 Å². The van der Waals surface area contributed by atoms with E-state index in [2.05, 4.69) is 0 Å². The van der Waals surface area contributed by atoms with Crippen molar-refractivity contribution in [3.63, 3.8) is 0 Å². The Morgan fingerprint density at radius 1 is 1.56 bits per heavy atom. The largest absolute Gasteiger partial charge is 0.456 e. The van der Waals surface area contributed by atoms with E-state index in [9.17, 15) is 14.9 Å². The maximum Gasteiger partial charge on any atom is 0.345 e. The molecule has 0 amide bonds. The third kappa shape index (κ3) is 2.65. The van der Waals surface area contributed by atoms with Crippen LogP contribution in [0.2, 0.25) is 0 Å². The topological polar surface area (TPSA) is 78.7 Å². The maximum absolute atomic E-state index is 11.9. The summed E-state index contributed by atoms with van der Waals surface area (Å²) >= 11 is 0. The molecule has 1 saturated heterocycles. The lowest BCUT2D eigenvalue weighted by Gasteiger charge is -2.10. The van der Waals surface area contributed by atoms with Crippen molar-refractivity contribution in [3.8, 4) is 0 Å². The second-order valence-corrected chi connectivity index (χ2v) is 4.17. The number of benzene rings is 1. The fraction of sp³-hybridized carbons (Fsp3) is 0.417. The zero-order valence-corrected chi connectivity index (χ0v) is 9.92. The fourth-order valence-electron chi connectivity index (χ4n) is 1.79. The Bertz CT molecular complexity index is 479. The van der Waals surface area contributed by atoms with Crippen molar-refractivity contribution in [1.82, 2.24) is 0 Å². The summed E-state index contributed by atoms with van der Waals surface area (Å²) in [6.45, 7) is 2.67. The number of nitro groups is 1. The van der Waals surface area contributed by atoms with Gasteiger partial charge in [-0.15, -0.1) is 0 Å². The van der Waals surface area contributed by atoms with Gasteiger partial charge in [0.25, 0.3) is 5.69 Å². The number of aryl methyl sites for hydroxylation is 1. The Balaban J connectivity index is 2.22. The van der Waals surface area contributed by atoms with E-state index in [1.54, 1.807) is 13.0 Å². The van der Waals surface area contributed by atoms with Gasteiger partial charge in [0.1, 0.15) is 11.7 Å². The summed E-state index contributed by atoms with van der Waals surface area (Å²) in [5, 5.41) is 10.8. The molecule has 96 valence electrons. The number of nitro benzene ring substituents is 1. The molecule has 6 nitrogen and oxygen atoms in total. The van der Waals surface area contributed by atoms with Crippen molar-refractivity contribution >= 4 is 11.7 Å². The molecule has 1 aromatic rings. The molecule has 0 radical (unpaired) electrons. The van der Waals surface area contributed by atoms with Gasteiger partial charge in [-0.3, -0.25) is 10.1 Å². The number of rotatable bonds is 3. The van der Waals surface area contributed by atoms with Gasteiger partial charge in [-0.1, -0.05) is 6.07 Å². The van der Waals surface area contributed by atoms with Crippen LogP contribution in [0.25, 0.3) is 0 Å². The Hall–Kier alpha value is -1.95. The zero-order chi connectivity index (χ0) is 13.1. The molecular weight excluding hydrogens is 238 g/mol. The minimum atomic E-state index is -0.666. The van der Waals surface area contributed by atoms with Crippen LogP contribution in [0.15, 0.2) is 18.2 Å². The summed E-state index contributed by atoms with van der Waals surface area (Å²) in [6.07, 6.45) is 0.323. The number of carbonyl (C=O) groups excluding carboxylic acids is 1. The van der Waals surface area contributed by atoms with E-state index in [0.717, 1.165) is 5.56 Å². The summed E-state index contributed by atoms with van der Waals surface area (Å²) < 4.78 is 10.3. The molecule has 0 aliphatic carbocycles. The van der Waals surface area contributed by atoms with Crippen LogP contribution in [0, 0.1) is 17.0 Å². The molecule has 0 unspecified atom stereocenters. The second-order valence-electron chi connectivity index (χ2n) is 4.17. The average Bonchev–Trinajstić information content (AvgIpc) is 2.81. The van der Waals surface area contributed by atoms with Crippen LogP contribution in [0.3, 0.4) is 0 Å². The predicted octanol–water partition coefficient (Wildman–Crippen LogP) is 1.85. The van der Waals surface area contributed by atoms with Crippen molar-refractivity contribution in [2.45, 2.75) is 19.4 Å². The Labute approximate surface area is 104 Å². The van der Waals surface area contributed by atoms with Crippen LogP contribution in [0.5, 0.6) is 0 Å². The molecular formula is C12H13NO5. The van der Waals surface area contributed by atoms with Crippen molar-refractivity contribution in [1.29, 1.82) is 0 Å². The summed E-state index contributed by atoms with van der Waals surface area (Å²) in [7, 11) is 0. The van der Waals surface area contributed by atoms with E-state index in [-0.39, 0.29) is 17.4 Å². The van der Waals surface area contributed by atoms with E-state index >= 15 is 0 Å². The fourth-order valence-corrected chi connectivity index (χ4v) is 1.79. The SMILES string of the molecule is Cc1ccc([N+](=O)[O-])c(C(=O)O[C@H]2CCOC2)c1. The van der Waals surface area contributed by atoms with E-state index in [1.165, 1.54) is 12.1 Å². The molecule has 1 atom stereocenters. The first-order chi connectivity index (χ1) is 8.58. The number of hydrogen-bond acceptors (Lipinski definition) is 5. The maximum atomic E-state index is 11.9. The molecule has 1 aliphatic heterocycles. The smallest absolute Gasteiger partial charge is 0.345 e. The normalized spacial score (nSPS) is 18.6.